The SMILES string of the molecule is CC#CCn1c(N2CCNCC2)nc2c1c(=O)n(C)c(=O)n2-c1ccccc1OCC. The molecule has 0 atom stereocenters. The molecule has 0 radical (unpaired) electrons. The van der Waals surface area contributed by atoms with Crippen molar-refractivity contribution in [2.75, 3.05) is 37.7 Å². The van der Waals surface area contributed by atoms with Gasteiger partial charge in [-0.05, 0) is 26.0 Å². The Kier molecular flexibility index (Phi) is 5.82. The topological polar surface area (TPSA) is 86.3 Å². The van der Waals surface area contributed by atoms with Crippen molar-refractivity contribution in [1.29, 1.82) is 0 Å². The highest BCUT2D eigenvalue weighted by Gasteiger charge is 2.25. The Morgan fingerprint density at radius 3 is 2.65 bits per heavy atom. The van der Waals surface area contributed by atoms with Crippen LogP contribution in [0.1, 0.15) is 13.8 Å². The molecular weight excluding hydrogens is 396 g/mol. The van der Waals surface area contributed by atoms with Crippen LogP contribution in [0.3, 0.4) is 0 Å². The second kappa shape index (κ2) is 8.70. The highest BCUT2D eigenvalue weighted by atomic mass is 16.5. The number of ether oxygens (including phenoxy) is 1. The van der Waals surface area contributed by atoms with Gasteiger partial charge in [0.05, 0.1) is 18.8 Å². The zero-order valence-electron chi connectivity index (χ0n) is 18.0. The lowest BCUT2D eigenvalue weighted by Gasteiger charge is -2.28. The van der Waals surface area contributed by atoms with Gasteiger partial charge < -0.3 is 15.0 Å². The van der Waals surface area contributed by atoms with Crippen LogP contribution in [0.15, 0.2) is 33.9 Å². The van der Waals surface area contributed by atoms with Gasteiger partial charge in [-0.25, -0.2) is 9.36 Å². The average Bonchev–Trinajstić information content (AvgIpc) is 3.17. The van der Waals surface area contributed by atoms with Gasteiger partial charge in [-0.15, -0.1) is 5.92 Å². The number of nitrogens with one attached hydrogen (secondary N) is 1. The highest BCUT2D eigenvalue weighted by Crippen LogP contribution is 2.26. The van der Waals surface area contributed by atoms with Crippen LogP contribution in [0.5, 0.6) is 5.75 Å². The smallest absolute Gasteiger partial charge is 0.337 e. The quantitative estimate of drug-likeness (QED) is 0.610. The molecule has 1 fully saturated rings. The monoisotopic (exact) mass is 422 g/mol. The number of hydrogen-bond acceptors (Lipinski definition) is 6. The molecule has 1 aliphatic rings. The summed E-state index contributed by atoms with van der Waals surface area (Å²) in [5.74, 6) is 7.13. The molecule has 2 aromatic heterocycles. The number of para-hydroxylation sites is 2. The van der Waals surface area contributed by atoms with Gasteiger partial charge in [-0.3, -0.25) is 13.9 Å². The molecule has 0 amide bonds. The van der Waals surface area contributed by atoms with E-state index in [1.807, 2.05) is 23.6 Å². The molecule has 0 aliphatic carbocycles. The number of aromatic nitrogens is 4. The Balaban J connectivity index is 2.08. The van der Waals surface area contributed by atoms with Crippen LogP contribution in [-0.4, -0.2) is 51.5 Å². The van der Waals surface area contributed by atoms with Crippen LogP contribution < -0.4 is 26.2 Å². The Labute approximate surface area is 179 Å². The molecule has 0 saturated carbocycles. The van der Waals surface area contributed by atoms with Crippen LogP contribution in [0, 0.1) is 11.8 Å². The van der Waals surface area contributed by atoms with Crippen molar-refractivity contribution in [3.63, 3.8) is 0 Å². The van der Waals surface area contributed by atoms with Gasteiger partial charge in [-0.2, -0.15) is 4.98 Å². The molecule has 9 heteroatoms. The number of hydrogen-bond donors (Lipinski definition) is 1. The highest BCUT2D eigenvalue weighted by molar-refractivity contribution is 5.77. The van der Waals surface area contributed by atoms with E-state index in [2.05, 4.69) is 22.1 Å². The maximum Gasteiger partial charge on any atom is 0.337 e. The van der Waals surface area contributed by atoms with Crippen molar-refractivity contribution in [1.82, 2.24) is 24.0 Å². The van der Waals surface area contributed by atoms with E-state index in [1.165, 1.54) is 11.6 Å². The van der Waals surface area contributed by atoms with E-state index in [9.17, 15) is 9.59 Å². The summed E-state index contributed by atoms with van der Waals surface area (Å²) >= 11 is 0. The first-order chi connectivity index (χ1) is 15.1. The first kappa shape index (κ1) is 20.8. The van der Waals surface area contributed by atoms with Crippen LogP contribution in [0.4, 0.5) is 5.95 Å². The van der Waals surface area contributed by atoms with E-state index in [0.717, 1.165) is 30.7 Å². The fourth-order valence-corrected chi connectivity index (χ4v) is 3.83. The zero-order valence-corrected chi connectivity index (χ0v) is 18.0. The molecule has 1 saturated heterocycles. The minimum Gasteiger partial charge on any atom is -0.492 e. The maximum atomic E-state index is 13.2. The molecule has 3 heterocycles. The number of imidazole rings is 1. The second-order valence-corrected chi connectivity index (χ2v) is 7.22. The van der Waals surface area contributed by atoms with E-state index in [-0.39, 0.29) is 0 Å². The summed E-state index contributed by atoms with van der Waals surface area (Å²) in [7, 11) is 1.48. The summed E-state index contributed by atoms with van der Waals surface area (Å²) in [5, 5.41) is 3.32. The Morgan fingerprint density at radius 1 is 1.19 bits per heavy atom. The average molecular weight is 422 g/mol. The third-order valence-corrected chi connectivity index (χ3v) is 5.35. The van der Waals surface area contributed by atoms with E-state index < -0.39 is 11.2 Å². The largest absolute Gasteiger partial charge is 0.492 e. The number of benzene rings is 1. The van der Waals surface area contributed by atoms with Crippen molar-refractivity contribution < 1.29 is 4.74 Å². The first-order valence-corrected chi connectivity index (χ1v) is 10.4. The van der Waals surface area contributed by atoms with Crippen molar-refractivity contribution >= 4 is 17.1 Å². The molecule has 162 valence electrons. The fraction of sp³-hybridized carbons (Fsp3) is 0.409. The van der Waals surface area contributed by atoms with E-state index >= 15 is 0 Å². The summed E-state index contributed by atoms with van der Waals surface area (Å²) in [6, 6.07) is 7.28. The summed E-state index contributed by atoms with van der Waals surface area (Å²) in [6.07, 6.45) is 0. The Morgan fingerprint density at radius 2 is 1.94 bits per heavy atom. The molecule has 0 unspecified atom stereocenters. The third kappa shape index (κ3) is 3.59. The lowest BCUT2D eigenvalue weighted by atomic mass is 10.3. The molecule has 31 heavy (non-hydrogen) atoms. The second-order valence-electron chi connectivity index (χ2n) is 7.22. The lowest BCUT2D eigenvalue weighted by molar-refractivity contribution is 0.339. The van der Waals surface area contributed by atoms with E-state index in [4.69, 9.17) is 9.72 Å². The molecule has 9 nitrogen and oxygen atoms in total. The number of anilines is 1. The van der Waals surface area contributed by atoms with Gasteiger partial charge in [0, 0.05) is 33.2 Å². The summed E-state index contributed by atoms with van der Waals surface area (Å²) in [5.41, 5.74) is 0.351. The number of piperazine rings is 1. The maximum absolute atomic E-state index is 13.2. The normalized spacial score (nSPS) is 13.8. The fourth-order valence-electron chi connectivity index (χ4n) is 3.83. The first-order valence-electron chi connectivity index (χ1n) is 10.4. The van der Waals surface area contributed by atoms with Gasteiger partial charge in [0.25, 0.3) is 5.56 Å². The number of rotatable bonds is 5. The summed E-state index contributed by atoms with van der Waals surface area (Å²) in [4.78, 5) is 33.4. The standard InChI is InChI=1S/C22H26N6O3/c1-4-6-13-27-18-19(24-21(27)26-14-11-23-12-15-26)28(22(30)25(3)20(18)29)16-9-7-8-10-17(16)31-5-2/h7-10,23H,5,11-15H2,1-3H3. The third-order valence-electron chi connectivity index (χ3n) is 5.35. The number of nitrogens with zero attached hydrogens (tertiary/aromatic N) is 5. The predicted molar refractivity (Wildman–Crippen MR) is 120 cm³/mol. The summed E-state index contributed by atoms with van der Waals surface area (Å²) in [6.45, 7) is 7.56. The molecule has 1 aromatic carbocycles. The van der Waals surface area contributed by atoms with Gasteiger partial charge in [0.2, 0.25) is 5.95 Å². The molecule has 0 spiro atoms. The molecule has 3 aromatic rings. The predicted octanol–water partition coefficient (Wildman–Crippen LogP) is 0.718. The zero-order chi connectivity index (χ0) is 22.0. The molecule has 0 bridgehead atoms. The van der Waals surface area contributed by atoms with Crippen LogP contribution in [0.2, 0.25) is 0 Å². The van der Waals surface area contributed by atoms with Crippen LogP contribution in [-0.2, 0) is 13.6 Å². The van der Waals surface area contributed by atoms with Crippen molar-refractivity contribution in [2.45, 2.75) is 20.4 Å². The van der Waals surface area contributed by atoms with E-state index in [0.29, 0.717) is 41.7 Å². The molecule has 1 aliphatic heterocycles. The minimum absolute atomic E-state index is 0.312. The van der Waals surface area contributed by atoms with Gasteiger partial charge >= 0.3 is 5.69 Å². The number of fused-ring (bicyclic) bond motifs is 1. The van der Waals surface area contributed by atoms with Crippen molar-refractivity contribution in [2.24, 2.45) is 7.05 Å². The molecule has 1 N–H and O–H groups in total. The minimum atomic E-state index is -0.470. The van der Waals surface area contributed by atoms with Gasteiger partial charge in [-0.1, -0.05) is 18.1 Å². The van der Waals surface area contributed by atoms with Gasteiger partial charge in [0.15, 0.2) is 11.2 Å². The lowest BCUT2D eigenvalue weighted by Crippen LogP contribution is -2.44. The molecular formula is C22H26N6O3. The Bertz CT molecular complexity index is 1280. The van der Waals surface area contributed by atoms with Crippen molar-refractivity contribution in [3.05, 3.63) is 45.1 Å². The van der Waals surface area contributed by atoms with Crippen molar-refractivity contribution in [3.8, 4) is 23.3 Å². The Hall–Kier alpha value is -3.51. The van der Waals surface area contributed by atoms with E-state index in [1.54, 1.807) is 19.1 Å². The summed E-state index contributed by atoms with van der Waals surface area (Å²) < 4.78 is 10.2. The molecule has 4 rings (SSSR count). The van der Waals surface area contributed by atoms with Crippen LogP contribution in [0.25, 0.3) is 16.9 Å². The van der Waals surface area contributed by atoms with Gasteiger partial charge in [0.1, 0.15) is 5.75 Å². The van der Waals surface area contributed by atoms with Crippen LogP contribution >= 0.6 is 0 Å².